The van der Waals surface area contributed by atoms with Gasteiger partial charge in [-0.1, -0.05) is 13.8 Å². The van der Waals surface area contributed by atoms with Crippen LogP contribution in [-0.2, 0) is 4.79 Å². The van der Waals surface area contributed by atoms with E-state index in [9.17, 15) is 24.1 Å². The fourth-order valence-corrected chi connectivity index (χ4v) is 1.95. The van der Waals surface area contributed by atoms with Crippen molar-refractivity contribution < 1.29 is 24.0 Å². The SMILES string of the molecule is CC(C)CC(CNC(=O)c1ccc([N+](=O)[O-])cc1F)C(=O)O. The molecular formula is C14H17FN2O5. The van der Waals surface area contributed by atoms with E-state index in [0.29, 0.717) is 12.5 Å². The number of carbonyl (C=O) groups excluding carboxylic acids is 1. The van der Waals surface area contributed by atoms with Gasteiger partial charge < -0.3 is 10.4 Å². The predicted octanol–water partition coefficient (Wildman–Crippen LogP) is 2.21. The maximum absolute atomic E-state index is 13.7. The zero-order valence-corrected chi connectivity index (χ0v) is 12.2. The van der Waals surface area contributed by atoms with Crippen LogP contribution in [-0.4, -0.2) is 28.5 Å². The summed E-state index contributed by atoms with van der Waals surface area (Å²) in [7, 11) is 0. The lowest BCUT2D eigenvalue weighted by Gasteiger charge is -2.15. The Morgan fingerprint density at radius 2 is 2.05 bits per heavy atom. The molecule has 0 aliphatic heterocycles. The third-order valence-electron chi connectivity index (χ3n) is 3.02. The summed E-state index contributed by atoms with van der Waals surface area (Å²) in [5, 5.41) is 21.9. The van der Waals surface area contributed by atoms with E-state index >= 15 is 0 Å². The van der Waals surface area contributed by atoms with Gasteiger partial charge in [0.05, 0.1) is 22.5 Å². The van der Waals surface area contributed by atoms with E-state index in [4.69, 9.17) is 5.11 Å². The Hall–Kier alpha value is -2.51. The van der Waals surface area contributed by atoms with Crippen molar-refractivity contribution in [1.82, 2.24) is 5.32 Å². The predicted molar refractivity (Wildman–Crippen MR) is 76.0 cm³/mol. The molecule has 8 heteroatoms. The van der Waals surface area contributed by atoms with Crippen molar-refractivity contribution in [2.24, 2.45) is 11.8 Å². The number of halogens is 1. The summed E-state index contributed by atoms with van der Waals surface area (Å²) in [6.07, 6.45) is 0.373. The molecule has 0 bridgehead atoms. The topological polar surface area (TPSA) is 110 Å². The van der Waals surface area contributed by atoms with Crippen LogP contribution in [0.2, 0.25) is 0 Å². The molecule has 7 nitrogen and oxygen atoms in total. The lowest BCUT2D eigenvalue weighted by atomic mass is 9.97. The van der Waals surface area contributed by atoms with Gasteiger partial charge in [0, 0.05) is 12.6 Å². The molecule has 1 amide bonds. The first kappa shape index (κ1) is 17.5. The highest BCUT2D eigenvalue weighted by atomic mass is 19.1. The summed E-state index contributed by atoms with van der Waals surface area (Å²) in [6.45, 7) is 3.57. The van der Waals surface area contributed by atoms with E-state index in [0.717, 1.165) is 12.1 Å². The molecule has 0 fully saturated rings. The van der Waals surface area contributed by atoms with Crippen LogP contribution in [0.25, 0.3) is 0 Å². The highest BCUT2D eigenvalue weighted by Crippen LogP contribution is 2.17. The largest absolute Gasteiger partial charge is 0.481 e. The van der Waals surface area contributed by atoms with Gasteiger partial charge in [0.1, 0.15) is 5.82 Å². The average Bonchev–Trinajstić information content (AvgIpc) is 2.42. The van der Waals surface area contributed by atoms with E-state index in [1.807, 2.05) is 13.8 Å². The Morgan fingerprint density at radius 1 is 1.41 bits per heavy atom. The Bertz CT molecular complexity index is 589. The van der Waals surface area contributed by atoms with E-state index in [2.05, 4.69) is 5.32 Å². The van der Waals surface area contributed by atoms with Gasteiger partial charge in [-0.2, -0.15) is 0 Å². The minimum Gasteiger partial charge on any atom is -0.481 e. The first-order valence-electron chi connectivity index (χ1n) is 6.67. The standard InChI is InChI=1S/C14H17FN2O5/c1-8(2)5-9(14(19)20)7-16-13(18)11-4-3-10(17(21)22)6-12(11)15/h3-4,6,8-9H,5,7H2,1-2H3,(H,16,18)(H,19,20). The number of carboxylic acids is 1. The smallest absolute Gasteiger partial charge is 0.308 e. The van der Waals surface area contributed by atoms with Gasteiger partial charge in [-0.15, -0.1) is 0 Å². The van der Waals surface area contributed by atoms with Crippen molar-refractivity contribution in [3.05, 3.63) is 39.7 Å². The van der Waals surface area contributed by atoms with Crippen molar-refractivity contribution in [3.63, 3.8) is 0 Å². The maximum Gasteiger partial charge on any atom is 0.308 e. The lowest BCUT2D eigenvalue weighted by molar-refractivity contribution is -0.385. The van der Waals surface area contributed by atoms with Crippen LogP contribution in [0.15, 0.2) is 18.2 Å². The van der Waals surface area contributed by atoms with Crippen LogP contribution in [0.3, 0.4) is 0 Å². The highest BCUT2D eigenvalue weighted by molar-refractivity contribution is 5.94. The molecule has 0 aromatic heterocycles. The van der Waals surface area contributed by atoms with Crippen LogP contribution in [0.5, 0.6) is 0 Å². The second kappa shape index (κ2) is 7.48. The van der Waals surface area contributed by atoms with Crippen LogP contribution in [0, 0.1) is 27.8 Å². The molecule has 0 saturated carbocycles. The summed E-state index contributed by atoms with van der Waals surface area (Å²) in [4.78, 5) is 32.6. The number of carboxylic acid groups (broad SMARTS) is 1. The van der Waals surface area contributed by atoms with Crippen LogP contribution in [0.1, 0.15) is 30.6 Å². The molecule has 120 valence electrons. The van der Waals surface area contributed by atoms with Crippen LogP contribution >= 0.6 is 0 Å². The number of nitro benzene ring substituents is 1. The number of aliphatic carboxylic acids is 1. The second-order valence-electron chi connectivity index (χ2n) is 5.30. The maximum atomic E-state index is 13.7. The summed E-state index contributed by atoms with van der Waals surface area (Å²) >= 11 is 0. The van der Waals surface area contributed by atoms with Gasteiger partial charge >= 0.3 is 5.97 Å². The van der Waals surface area contributed by atoms with Crippen LogP contribution < -0.4 is 5.32 Å². The van der Waals surface area contributed by atoms with Crippen molar-refractivity contribution >= 4 is 17.6 Å². The van der Waals surface area contributed by atoms with E-state index in [-0.39, 0.29) is 18.0 Å². The van der Waals surface area contributed by atoms with Gasteiger partial charge in [-0.05, 0) is 18.4 Å². The van der Waals surface area contributed by atoms with Crippen molar-refractivity contribution in [3.8, 4) is 0 Å². The Labute approximate surface area is 126 Å². The monoisotopic (exact) mass is 312 g/mol. The minimum absolute atomic E-state index is 0.133. The van der Waals surface area contributed by atoms with Gasteiger partial charge in [-0.25, -0.2) is 4.39 Å². The molecule has 0 radical (unpaired) electrons. The molecule has 0 saturated heterocycles. The molecule has 0 spiro atoms. The third-order valence-corrected chi connectivity index (χ3v) is 3.02. The molecule has 0 heterocycles. The minimum atomic E-state index is -1.04. The van der Waals surface area contributed by atoms with Gasteiger partial charge in [0.15, 0.2) is 0 Å². The fraction of sp³-hybridized carbons (Fsp3) is 0.429. The number of hydrogen-bond donors (Lipinski definition) is 2. The number of hydrogen-bond acceptors (Lipinski definition) is 4. The number of carbonyl (C=O) groups is 2. The number of nitro groups is 1. The fourth-order valence-electron chi connectivity index (χ4n) is 1.95. The summed E-state index contributed by atoms with van der Waals surface area (Å²) in [5.74, 6) is -3.51. The van der Waals surface area contributed by atoms with Gasteiger partial charge in [-0.3, -0.25) is 19.7 Å². The summed E-state index contributed by atoms with van der Waals surface area (Å²) in [6, 6.07) is 2.67. The Kier molecular flexibility index (Phi) is 5.97. The van der Waals surface area contributed by atoms with Crippen molar-refractivity contribution in [2.75, 3.05) is 6.54 Å². The molecule has 1 unspecified atom stereocenters. The highest BCUT2D eigenvalue weighted by Gasteiger charge is 2.21. The second-order valence-corrected chi connectivity index (χ2v) is 5.30. The molecule has 1 aromatic carbocycles. The lowest BCUT2D eigenvalue weighted by Crippen LogP contribution is -2.34. The zero-order valence-electron chi connectivity index (χ0n) is 12.2. The zero-order chi connectivity index (χ0) is 16.9. The first-order valence-corrected chi connectivity index (χ1v) is 6.67. The van der Waals surface area contributed by atoms with Crippen LogP contribution in [0.4, 0.5) is 10.1 Å². The normalized spacial score (nSPS) is 12.0. The van der Waals surface area contributed by atoms with E-state index in [1.165, 1.54) is 0 Å². The van der Waals surface area contributed by atoms with Crippen molar-refractivity contribution in [2.45, 2.75) is 20.3 Å². The molecule has 1 atom stereocenters. The average molecular weight is 312 g/mol. The quantitative estimate of drug-likeness (QED) is 0.592. The number of nitrogens with zero attached hydrogens (tertiary/aromatic N) is 1. The number of nitrogens with one attached hydrogen (secondary N) is 1. The summed E-state index contributed by atoms with van der Waals surface area (Å²) < 4.78 is 13.7. The first-order chi connectivity index (χ1) is 10.2. The molecule has 22 heavy (non-hydrogen) atoms. The van der Waals surface area contributed by atoms with Gasteiger partial charge in [0.25, 0.3) is 11.6 Å². The summed E-state index contributed by atoms with van der Waals surface area (Å²) in [5.41, 5.74) is -0.823. The molecular weight excluding hydrogens is 295 g/mol. The number of non-ortho nitro benzene ring substituents is 1. The Morgan fingerprint density at radius 3 is 2.50 bits per heavy atom. The Balaban J connectivity index is 2.76. The number of benzene rings is 1. The number of amides is 1. The van der Waals surface area contributed by atoms with Crippen molar-refractivity contribution in [1.29, 1.82) is 0 Å². The third kappa shape index (κ3) is 4.80. The number of rotatable bonds is 7. The van der Waals surface area contributed by atoms with Gasteiger partial charge in [0.2, 0.25) is 0 Å². The van der Waals surface area contributed by atoms with E-state index < -0.39 is 34.2 Å². The molecule has 2 N–H and O–H groups in total. The van der Waals surface area contributed by atoms with E-state index in [1.54, 1.807) is 0 Å². The molecule has 1 aromatic rings. The molecule has 0 aliphatic rings. The molecule has 0 aliphatic carbocycles. The molecule has 1 rings (SSSR count).